The van der Waals surface area contributed by atoms with Gasteiger partial charge in [0, 0.05) is 48.8 Å². The first-order valence-corrected chi connectivity index (χ1v) is 10.3. The van der Waals surface area contributed by atoms with Gasteiger partial charge in [0.15, 0.2) is 5.82 Å². The van der Waals surface area contributed by atoms with E-state index in [2.05, 4.69) is 14.9 Å². The minimum absolute atomic E-state index is 0.0662. The Balaban J connectivity index is 1.31. The van der Waals surface area contributed by atoms with Crippen LogP contribution in [-0.2, 0) is 0 Å². The van der Waals surface area contributed by atoms with Crippen LogP contribution >= 0.6 is 11.6 Å². The molecule has 1 saturated heterocycles. The quantitative estimate of drug-likeness (QED) is 0.541. The number of aromatic nitrogens is 3. The highest BCUT2D eigenvalue weighted by atomic mass is 35.5. The third-order valence-electron chi connectivity index (χ3n) is 5.42. The minimum Gasteiger partial charge on any atom is -0.353 e. The van der Waals surface area contributed by atoms with Crippen LogP contribution in [0.25, 0.3) is 22.3 Å². The van der Waals surface area contributed by atoms with Crippen molar-refractivity contribution in [2.24, 2.45) is 0 Å². The first kappa shape index (κ1) is 18.6. The number of nitrogens with zero attached hydrogens (tertiary/aromatic N) is 4. The molecule has 1 aliphatic rings. The Morgan fingerprint density at radius 2 is 1.67 bits per heavy atom. The molecule has 6 nitrogen and oxygen atoms in total. The second-order valence-electron chi connectivity index (χ2n) is 7.24. The second-order valence-corrected chi connectivity index (χ2v) is 7.62. The summed E-state index contributed by atoms with van der Waals surface area (Å²) in [5, 5.41) is 1.36. The maximum absolute atomic E-state index is 13.0. The topological polar surface area (TPSA) is 65.1 Å². The maximum atomic E-state index is 13.0. The van der Waals surface area contributed by atoms with Gasteiger partial charge < -0.3 is 14.8 Å². The van der Waals surface area contributed by atoms with Gasteiger partial charge in [-0.15, -0.1) is 0 Å². The zero-order valence-electron chi connectivity index (χ0n) is 16.3. The van der Waals surface area contributed by atoms with E-state index in [-0.39, 0.29) is 5.91 Å². The predicted molar refractivity (Wildman–Crippen MR) is 119 cm³/mol. The summed E-state index contributed by atoms with van der Waals surface area (Å²) in [4.78, 5) is 29.4. The molecule has 4 aromatic rings. The fraction of sp³-hybridized carbons (Fsp3) is 0.174. The highest BCUT2D eigenvalue weighted by Crippen LogP contribution is 2.28. The fourth-order valence-corrected chi connectivity index (χ4v) is 4.10. The Morgan fingerprint density at radius 1 is 0.933 bits per heavy atom. The van der Waals surface area contributed by atoms with E-state index in [0.717, 1.165) is 22.3 Å². The largest absolute Gasteiger partial charge is 0.353 e. The molecule has 7 heteroatoms. The third kappa shape index (κ3) is 3.39. The number of anilines is 1. The number of carbonyl (C=O) groups is 1. The number of halogens is 1. The molecular formula is C23H20ClN5O. The number of rotatable bonds is 3. The molecule has 0 radical (unpaired) electrons. The summed E-state index contributed by atoms with van der Waals surface area (Å²) in [5.74, 6) is 1.51. The molecule has 2 aromatic carbocycles. The summed E-state index contributed by atoms with van der Waals surface area (Å²) in [6.07, 6.45) is 1.78. The molecule has 1 aliphatic heterocycles. The standard InChI is InChI=1S/C23H20ClN5O/c24-20-17-8-4-5-9-18(17)26-21(20)23(30)29-14-12-28(13-15-29)19-10-11-25-22(27-19)16-6-2-1-3-7-16/h1-11,26H,12-15H2. The molecule has 1 fully saturated rings. The van der Waals surface area contributed by atoms with E-state index in [1.54, 1.807) is 6.20 Å². The zero-order chi connectivity index (χ0) is 20.5. The number of H-pyrrole nitrogens is 1. The molecule has 30 heavy (non-hydrogen) atoms. The van der Waals surface area contributed by atoms with Gasteiger partial charge >= 0.3 is 0 Å². The summed E-state index contributed by atoms with van der Waals surface area (Å²) in [6.45, 7) is 2.62. The van der Waals surface area contributed by atoms with Crippen molar-refractivity contribution in [3.63, 3.8) is 0 Å². The van der Waals surface area contributed by atoms with E-state index >= 15 is 0 Å². The Hall–Kier alpha value is -3.38. The second kappa shape index (κ2) is 7.80. The first-order valence-electron chi connectivity index (χ1n) is 9.89. The SMILES string of the molecule is O=C(c1[nH]c2ccccc2c1Cl)N1CCN(c2ccnc(-c3ccccc3)n2)CC1. The predicted octanol–water partition coefficient (Wildman–Crippen LogP) is 4.24. The number of amides is 1. The lowest BCUT2D eigenvalue weighted by molar-refractivity contribution is 0.0741. The van der Waals surface area contributed by atoms with Crippen LogP contribution in [-0.4, -0.2) is 51.9 Å². The lowest BCUT2D eigenvalue weighted by atomic mass is 10.2. The lowest BCUT2D eigenvalue weighted by Crippen LogP contribution is -2.49. The molecule has 1 amide bonds. The van der Waals surface area contributed by atoms with Crippen LogP contribution in [0.1, 0.15) is 10.5 Å². The Kier molecular flexibility index (Phi) is 4.85. The van der Waals surface area contributed by atoms with E-state index < -0.39 is 0 Å². The van der Waals surface area contributed by atoms with Gasteiger partial charge in [0.05, 0.1) is 5.02 Å². The van der Waals surface area contributed by atoms with E-state index in [1.165, 1.54) is 0 Å². The molecule has 1 N–H and O–H groups in total. The molecule has 150 valence electrons. The van der Waals surface area contributed by atoms with Gasteiger partial charge in [0.25, 0.3) is 5.91 Å². The zero-order valence-corrected chi connectivity index (χ0v) is 17.0. The van der Waals surface area contributed by atoms with E-state index in [0.29, 0.717) is 42.7 Å². The number of fused-ring (bicyclic) bond motifs is 1. The number of piperazine rings is 1. The molecule has 0 spiro atoms. The van der Waals surface area contributed by atoms with Crippen LogP contribution in [0, 0.1) is 0 Å². The monoisotopic (exact) mass is 417 g/mol. The molecule has 2 aromatic heterocycles. The van der Waals surface area contributed by atoms with Crippen molar-refractivity contribution in [1.29, 1.82) is 0 Å². The summed E-state index contributed by atoms with van der Waals surface area (Å²) >= 11 is 6.47. The van der Waals surface area contributed by atoms with Gasteiger partial charge in [-0.3, -0.25) is 4.79 Å². The number of para-hydroxylation sites is 1. The molecule has 0 saturated carbocycles. The molecular weight excluding hydrogens is 398 g/mol. The number of benzene rings is 2. The van der Waals surface area contributed by atoms with Crippen LogP contribution in [0.3, 0.4) is 0 Å². The van der Waals surface area contributed by atoms with Crippen LogP contribution in [0.15, 0.2) is 66.9 Å². The maximum Gasteiger partial charge on any atom is 0.271 e. The van der Waals surface area contributed by atoms with Gasteiger partial charge in [0.2, 0.25) is 0 Å². The lowest BCUT2D eigenvalue weighted by Gasteiger charge is -2.35. The van der Waals surface area contributed by atoms with Gasteiger partial charge in [-0.1, -0.05) is 60.1 Å². The van der Waals surface area contributed by atoms with Crippen LogP contribution in [0.2, 0.25) is 5.02 Å². The smallest absolute Gasteiger partial charge is 0.271 e. The minimum atomic E-state index is -0.0662. The van der Waals surface area contributed by atoms with Crippen molar-refractivity contribution in [3.8, 4) is 11.4 Å². The summed E-state index contributed by atoms with van der Waals surface area (Å²) in [6, 6.07) is 19.5. The average molecular weight is 418 g/mol. The van der Waals surface area contributed by atoms with Gasteiger partial charge in [-0.05, 0) is 12.1 Å². The van der Waals surface area contributed by atoms with E-state index in [1.807, 2.05) is 65.6 Å². The van der Waals surface area contributed by atoms with Crippen molar-refractivity contribution in [2.45, 2.75) is 0 Å². The van der Waals surface area contributed by atoms with Crippen molar-refractivity contribution >= 4 is 34.2 Å². The molecule has 3 heterocycles. The molecule has 5 rings (SSSR count). The Bertz CT molecular complexity index is 1200. The Labute approximate surface area is 179 Å². The van der Waals surface area contributed by atoms with Crippen LogP contribution in [0.5, 0.6) is 0 Å². The number of nitrogens with one attached hydrogen (secondary N) is 1. The average Bonchev–Trinajstić information content (AvgIpc) is 3.16. The highest BCUT2D eigenvalue weighted by Gasteiger charge is 2.26. The van der Waals surface area contributed by atoms with Crippen LogP contribution in [0.4, 0.5) is 5.82 Å². The summed E-state index contributed by atoms with van der Waals surface area (Å²) in [7, 11) is 0. The number of aromatic amines is 1. The number of hydrogen-bond acceptors (Lipinski definition) is 4. The molecule has 0 aliphatic carbocycles. The van der Waals surface area contributed by atoms with Crippen molar-refractivity contribution in [1.82, 2.24) is 19.9 Å². The van der Waals surface area contributed by atoms with Crippen LogP contribution < -0.4 is 4.90 Å². The van der Waals surface area contributed by atoms with Gasteiger partial charge in [-0.25, -0.2) is 9.97 Å². The normalized spacial score (nSPS) is 14.3. The molecule has 0 atom stereocenters. The molecule has 0 bridgehead atoms. The Morgan fingerprint density at radius 3 is 2.43 bits per heavy atom. The van der Waals surface area contributed by atoms with E-state index in [9.17, 15) is 4.79 Å². The fourth-order valence-electron chi connectivity index (χ4n) is 3.80. The van der Waals surface area contributed by atoms with Crippen molar-refractivity contribution in [2.75, 3.05) is 31.1 Å². The third-order valence-corrected chi connectivity index (χ3v) is 5.81. The van der Waals surface area contributed by atoms with Crippen molar-refractivity contribution < 1.29 is 4.79 Å². The first-order chi connectivity index (χ1) is 14.7. The van der Waals surface area contributed by atoms with Crippen molar-refractivity contribution in [3.05, 3.63) is 77.6 Å². The van der Waals surface area contributed by atoms with Gasteiger partial charge in [-0.2, -0.15) is 0 Å². The number of carbonyl (C=O) groups excluding carboxylic acids is 1. The highest BCUT2D eigenvalue weighted by molar-refractivity contribution is 6.38. The van der Waals surface area contributed by atoms with E-state index in [4.69, 9.17) is 16.6 Å². The number of hydrogen-bond donors (Lipinski definition) is 1. The summed E-state index contributed by atoms with van der Waals surface area (Å²) < 4.78 is 0. The summed E-state index contributed by atoms with van der Waals surface area (Å²) in [5.41, 5.74) is 2.32. The van der Waals surface area contributed by atoms with Gasteiger partial charge in [0.1, 0.15) is 11.5 Å². The molecule has 0 unspecified atom stereocenters.